The van der Waals surface area contributed by atoms with Crippen LogP contribution in [0, 0.1) is 13.8 Å². The number of aryl methyl sites for hydroxylation is 3. The van der Waals surface area contributed by atoms with E-state index >= 15 is 0 Å². The summed E-state index contributed by atoms with van der Waals surface area (Å²) in [5.41, 5.74) is 2.24. The standard InChI is InChI=1S/C25H32ClN5O4/c1-6-8-20-21(24(33)35-7-2)22(28-17(5)27-20)23(32)30-11-12-31(16(4)14-30)25(34)29-18-10-9-15(3)19(26)13-18/h9-10,13,16H,6-8,11-12,14H2,1-5H3,(H,29,34). The monoisotopic (exact) mass is 501 g/mol. The third kappa shape index (κ3) is 6.08. The minimum atomic E-state index is -0.595. The maximum Gasteiger partial charge on any atom is 0.342 e. The molecule has 0 bridgehead atoms. The first-order valence-corrected chi connectivity index (χ1v) is 12.2. The zero-order valence-corrected chi connectivity index (χ0v) is 21.6. The van der Waals surface area contributed by atoms with E-state index in [1.54, 1.807) is 35.8 Å². The van der Waals surface area contributed by atoms with Gasteiger partial charge in [-0.2, -0.15) is 0 Å². The summed E-state index contributed by atoms with van der Waals surface area (Å²) in [5, 5.41) is 3.45. The summed E-state index contributed by atoms with van der Waals surface area (Å²) in [4.78, 5) is 51.2. The van der Waals surface area contributed by atoms with Crippen LogP contribution in [-0.4, -0.2) is 70.0 Å². The van der Waals surface area contributed by atoms with Crippen molar-refractivity contribution < 1.29 is 19.1 Å². The number of hydrogen-bond acceptors (Lipinski definition) is 6. The Hall–Kier alpha value is -3.20. The summed E-state index contributed by atoms with van der Waals surface area (Å²) in [6.45, 7) is 10.3. The molecular weight excluding hydrogens is 470 g/mol. The van der Waals surface area contributed by atoms with Gasteiger partial charge in [0, 0.05) is 36.4 Å². The van der Waals surface area contributed by atoms with E-state index in [4.69, 9.17) is 16.3 Å². The van der Waals surface area contributed by atoms with Crippen molar-refractivity contribution in [2.24, 2.45) is 0 Å². The number of ether oxygens (including phenoxy) is 1. The van der Waals surface area contributed by atoms with Crippen LogP contribution in [0.4, 0.5) is 10.5 Å². The van der Waals surface area contributed by atoms with Crippen LogP contribution in [0.3, 0.4) is 0 Å². The third-order valence-electron chi connectivity index (χ3n) is 5.86. The molecule has 10 heteroatoms. The van der Waals surface area contributed by atoms with Gasteiger partial charge < -0.3 is 19.9 Å². The summed E-state index contributed by atoms with van der Waals surface area (Å²) in [6, 6.07) is 4.83. The predicted octanol–water partition coefficient (Wildman–Crippen LogP) is 4.25. The van der Waals surface area contributed by atoms with Gasteiger partial charge in [0.05, 0.1) is 12.3 Å². The fourth-order valence-electron chi connectivity index (χ4n) is 4.08. The molecule has 188 valence electrons. The molecule has 1 atom stereocenters. The van der Waals surface area contributed by atoms with Crippen molar-refractivity contribution in [2.75, 3.05) is 31.6 Å². The number of urea groups is 1. The lowest BCUT2D eigenvalue weighted by Gasteiger charge is -2.39. The smallest absolute Gasteiger partial charge is 0.342 e. The first-order chi connectivity index (χ1) is 16.7. The highest BCUT2D eigenvalue weighted by atomic mass is 35.5. The van der Waals surface area contributed by atoms with Gasteiger partial charge in [0.2, 0.25) is 0 Å². The molecule has 35 heavy (non-hydrogen) atoms. The third-order valence-corrected chi connectivity index (χ3v) is 6.27. The number of carbonyl (C=O) groups is 3. The second-order valence-electron chi connectivity index (χ2n) is 8.60. The van der Waals surface area contributed by atoms with Gasteiger partial charge in [-0.15, -0.1) is 0 Å². The molecule has 1 aromatic heterocycles. The van der Waals surface area contributed by atoms with Gasteiger partial charge in [-0.1, -0.05) is 31.0 Å². The number of amides is 3. The molecule has 1 aliphatic rings. The number of benzene rings is 1. The van der Waals surface area contributed by atoms with E-state index in [-0.39, 0.29) is 35.8 Å². The van der Waals surface area contributed by atoms with Crippen LogP contribution in [0.1, 0.15) is 65.1 Å². The fraction of sp³-hybridized carbons (Fsp3) is 0.480. The molecule has 0 spiro atoms. The molecule has 1 aromatic carbocycles. The molecule has 1 N–H and O–H groups in total. The summed E-state index contributed by atoms with van der Waals surface area (Å²) >= 11 is 6.17. The highest BCUT2D eigenvalue weighted by Gasteiger charge is 2.34. The normalized spacial score (nSPS) is 15.7. The van der Waals surface area contributed by atoms with Gasteiger partial charge in [0.25, 0.3) is 5.91 Å². The molecule has 0 saturated carbocycles. The second kappa shape index (κ2) is 11.5. The molecule has 1 fully saturated rings. The van der Waals surface area contributed by atoms with Crippen molar-refractivity contribution in [3.8, 4) is 0 Å². The largest absolute Gasteiger partial charge is 0.462 e. The number of halogens is 1. The first-order valence-electron chi connectivity index (χ1n) is 11.8. The van der Waals surface area contributed by atoms with E-state index in [0.717, 1.165) is 12.0 Å². The molecular formula is C25H32ClN5O4. The summed E-state index contributed by atoms with van der Waals surface area (Å²) in [5.74, 6) is -0.539. The number of carbonyl (C=O) groups excluding carboxylic acids is 3. The number of piperazine rings is 1. The lowest BCUT2D eigenvalue weighted by molar-refractivity contribution is 0.0502. The summed E-state index contributed by atoms with van der Waals surface area (Å²) < 4.78 is 5.21. The van der Waals surface area contributed by atoms with Gasteiger partial charge in [-0.25, -0.2) is 19.6 Å². The Balaban J connectivity index is 1.78. The molecule has 1 aliphatic heterocycles. The molecule has 0 aliphatic carbocycles. The van der Waals surface area contributed by atoms with Crippen molar-refractivity contribution in [1.29, 1.82) is 0 Å². The van der Waals surface area contributed by atoms with Crippen LogP contribution in [0.25, 0.3) is 0 Å². The molecule has 2 aromatic rings. The Bertz CT molecular complexity index is 1120. The summed E-state index contributed by atoms with van der Waals surface area (Å²) in [6.07, 6.45) is 1.29. The lowest BCUT2D eigenvalue weighted by atomic mass is 10.1. The second-order valence-corrected chi connectivity index (χ2v) is 9.01. The van der Waals surface area contributed by atoms with Crippen molar-refractivity contribution in [3.05, 3.63) is 51.6 Å². The van der Waals surface area contributed by atoms with Crippen LogP contribution in [0.5, 0.6) is 0 Å². The maximum atomic E-state index is 13.5. The minimum Gasteiger partial charge on any atom is -0.462 e. The van der Waals surface area contributed by atoms with Gasteiger partial charge in [-0.3, -0.25) is 4.79 Å². The van der Waals surface area contributed by atoms with Crippen LogP contribution in [-0.2, 0) is 11.2 Å². The fourth-order valence-corrected chi connectivity index (χ4v) is 4.26. The number of rotatable bonds is 6. The average Bonchev–Trinajstić information content (AvgIpc) is 2.80. The number of nitrogens with zero attached hydrogens (tertiary/aromatic N) is 4. The van der Waals surface area contributed by atoms with E-state index < -0.39 is 5.97 Å². The molecule has 2 heterocycles. The molecule has 9 nitrogen and oxygen atoms in total. The van der Waals surface area contributed by atoms with Gasteiger partial charge >= 0.3 is 12.0 Å². The Kier molecular flexibility index (Phi) is 8.67. The van der Waals surface area contributed by atoms with E-state index in [1.807, 2.05) is 26.8 Å². The molecule has 1 saturated heterocycles. The van der Waals surface area contributed by atoms with E-state index in [0.29, 0.717) is 48.3 Å². The average molecular weight is 502 g/mol. The molecule has 3 amide bonds. The first kappa shape index (κ1) is 26.4. The highest BCUT2D eigenvalue weighted by molar-refractivity contribution is 6.31. The number of esters is 1. The Morgan fingerprint density at radius 1 is 1.17 bits per heavy atom. The van der Waals surface area contributed by atoms with Gasteiger partial charge in [-0.05, 0) is 51.8 Å². The van der Waals surface area contributed by atoms with E-state index in [9.17, 15) is 14.4 Å². The maximum absolute atomic E-state index is 13.5. The van der Waals surface area contributed by atoms with E-state index in [2.05, 4.69) is 15.3 Å². The predicted molar refractivity (Wildman–Crippen MR) is 134 cm³/mol. The van der Waals surface area contributed by atoms with Crippen molar-refractivity contribution >= 4 is 35.2 Å². The van der Waals surface area contributed by atoms with Crippen LogP contribution >= 0.6 is 11.6 Å². The summed E-state index contributed by atoms with van der Waals surface area (Å²) in [7, 11) is 0. The zero-order chi connectivity index (χ0) is 25.7. The highest BCUT2D eigenvalue weighted by Crippen LogP contribution is 2.22. The van der Waals surface area contributed by atoms with Gasteiger partial charge in [0.15, 0.2) is 0 Å². The Morgan fingerprint density at radius 3 is 2.54 bits per heavy atom. The minimum absolute atomic E-state index is 0.0544. The van der Waals surface area contributed by atoms with Crippen LogP contribution in [0.2, 0.25) is 5.02 Å². The van der Waals surface area contributed by atoms with E-state index in [1.165, 1.54) is 0 Å². The SMILES string of the molecule is CCCc1nc(C)nc(C(=O)N2CCN(C(=O)Nc3ccc(C)c(Cl)c3)C(C)C2)c1C(=O)OCC. The van der Waals surface area contributed by atoms with Gasteiger partial charge in [0.1, 0.15) is 17.1 Å². The lowest BCUT2D eigenvalue weighted by Crippen LogP contribution is -2.56. The van der Waals surface area contributed by atoms with Crippen molar-refractivity contribution in [2.45, 2.75) is 53.5 Å². The quantitative estimate of drug-likeness (QED) is 0.593. The van der Waals surface area contributed by atoms with Crippen molar-refractivity contribution in [3.63, 3.8) is 0 Å². The Morgan fingerprint density at radius 2 is 1.91 bits per heavy atom. The molecule has 3 rings (SSSR count). The Labute approximate surface area is 210 Å². The molecule has 1 unspecified atom stereocenters. The van der Waals surface area contributed by atoms with Crippen LogP contribution < -0.4 is 5.32 Å². The number of aromatic nitrogens is 2. The zero-order valence-electron chi connectivity index (χ0n) is 20.9. The number of nitrogens with one attached hydrogen (secondary N) is 1. The topological polar surface area (TPSA) is 105 Å². The van der Waals surface area contributed by atoms with Crippen LogP contribution in [0.15, 0.2) is 18.2 Å². The molecule has 0 radical (unpaired) electrons. The number of anilines is 1. The number of hydrogen-bond donors (Lipinski definition) is 1. The van der Waals surface area contributed by atoms with Crippen molar-refractivity contribution in [1.82, 2.24) is 19.8 Å².